The second-order valence-electron chi connectivity index (χ2n) is 12.3. The van der Waals surface area contributed by atoms with Crippen molar-refractivity contribution in [3.05, 3.63) is 104 Å². The molecule has 6 rings (SSSR count). The first-order valence-corrected chi connectivity index (χ1v) is 17.4. The van der Waals surface area contributed by atoms with Crippen molar-refractivity contribution in [2.75, 3.05) is 26.2 Å². The van der Waals surface area contributed by atoms with Gasteiger partial charge in [0.05, 0.1) is 20.6 Å². The topological polar surface area (TPSA) is 112 Å². The Balaban J connectivity index is 1.12. The molecule has 2 amide bonds. The molecule has 1 atom stereocenters. The summed E-state index contributed by atoms with van der Waals surface area (Å²) in [4.78, 5) is 51.4. The lowest BCUT2D eigenvalue weighted by Crippen LogP contribution is -2.45. The SMILES string of the molecule is O=C(CC(Cc1cc(Br)c(O)c(Br)c1)C(=O)N1CCC(c2ccncc2)CC1)N1CCC(n2cc(-c3ccccc3)[nH]c2=O)CC1. The minimum Gasteiger partial charge on any atom is -0.506 e. The zero-order valence-corrected chi connectivity index (χ0v) is 28.6. The molecule has 2 N–H and O–H groups in total. The van der Waals surface area contributed by atoms with Gasteiger partial charge in [0, 0.05) is 57.2 Å². The van der Waals surface area contributed by atoms with E-state index in [1.807, 2.05) is 83.0 Å². The molecular weight excluding hydrogens is 714 g/mol. The van der Waals surface area contributed by atoms with E-state index in [9.17, 15) is 19.5 Å². The molecule has 240 valence electrons. The fourth-order valence-corrected chi connectivity index (χ4v) is 8.05. The number of hydrogen-bond acceptors (Lipinski definition) is 5. The van der Waals surface area contributed by atoms with Crippen LogP contribution in [-0.2, 0) is 16.0 Å². The van der Waals surface area contributed by atoms with Crippen LogP contribution < -0.4 is 5.69 Å². The number of pyridine rings is 1. The third-order valence-corrected chi connectivity index (χ3v) is 10.6. The molecule has 11 heteroatoms. The number of phenolic OH excluding ortho intramolecular Hbond substituents is 1. The van der Waals surface area contributed by atoms with Crippen molar-refractivity contribution in [1.82, 2.24) is 24.3 Å². The summed E-state index contributed by atoms with van der Waals surface area (Å²) in [5, 5.41) is 10.2. The number of carbonyl (C=O) groups is 2. The Morgan fingerprint density at radius 3 is 2.20 bits per heavy atom. The molecule has 0 spiro atoms. The Labute approximate surface area is 284 Å². The quantitative estimate of drug-likeness (QED) is 0.220. The molecule has 2 aromatic heterocycles. The maximum atomic E-state index is 14.0. The van der Waals surface area contributed by atoms with Crippen LogP contribution in [0, 0.1) is 5.92 Å². The second kappa shape index (κ2) is 14.4. The number of halogens is 2. The first kappa shape index (κ1) is 32.2. The maximum absolute atomic E-state index is 14.0. The lowest BCUT2D eigenvalue weighted by Gasteiger charge is -2.36. The van der Waals surface area contributed by atoms with Gasteiger partial charge in [-0.3, -0.25) is 19.1 Å². The number of H-pyrrole nitrogens is 1. The van der Waals surface area contributed by atoms with E-state index in [4.69, 9.17) is 0 Å². The van der Waals surface area contributed by atoms with Crippen molar-refractivity contribution < 1.29 is 14.7 Å². The van der Waals surface area contributed by atoms with Crippen LogP contribution in [-0.4, -0.2) is 67.4 Å². The van der Waals surface area contributed by atoms with Gasteiger partial charge in [-0.25, -0.2) is 4.79 Å². The third-order valence-electron chi connectivity index (χ3n) is 9.35. The van der Waals surface area contributed by atoms with Gasteiger partial charge < -0.3 is 19.9 Å². The Morgan fingerprint density at radius 2 is 1.54 bits per heavy atom. The zero-order chi connectivity index (χ0) is 32.2. The fourth-order valence-electron chi connectivity index (χ4n) is 6.77. The molecule has 1 unspecified atom stereocenters. The Bertz CT molecular complexity index is 1700. The third kappa shape index (κ3) is 7.31. The van der Waals surface area contributed by atoms with Crippen LogP contribution in [0.25, 0.3) is 11.3 Å². The number of carbonyl (C=O) groups excluding carboxylic acids is 2. The summed E-state index contributed by atoms with van der Waals surface area (Å²) in [5.41, 5.74) is 3.69. The van der Waals surface area contributed by atoms with Crippen molar-refractivity contribution in [2.24, 2.45) is 5.92 Å². The van der Waals surface area contributed by atoms with Crippen LogP contribution >= 0.6 is 31.9 Å². The molecule has 2 fully saturated rings. The van der Waals surface area contributed by atoms with Gasteiger partial charge in [0.15, 0.2) is 0 Å². The highest BCUT2D eigenvalue weighted by molar-refractivity contribution is 9.11. The highest BCUT2D eigenvalue weighted by Gasteiger charge is 2.33. The van der Waals surface area contributed by atoms with Gasteiger partial charge in [-0.05, 0) is 111 Å². The van der Waals surface area contributed by atoms with Crippen molar-refractivity contribution in [1.29, 1.82) is 0 Å². The summed E-state index contributed by atoms with van der Waals surface area (Å²) >= 11 is 6.81. The summed E-state index contributed by atoms with van der Waals surface area (Å²) < 4.78 is 2.82. The van der Waals surface area contributed by atoms with E-state index in [0.29, 0.717) is 60.3 Å². The summed E-state index contributed by atoms with van der Waals surface area (Å²) in [6, 6.07) is 17.5. The molecule has 0 bridgehead atoms. The number of piperidine rings is 2. The van der Waals surface area contributed by atoms with Gasteiger partial charge in [-0.1, -0.05) is 30.3 Å². The lowest BCUT2D eigenvalue weighted by atomic mass is 9.88. The Hall–Kier alpha value is -3.70. The molecular formula is C35H37Br2N5O4. The van der Waals surface area contributed by atoms with Crippen LogP contribution in [0.1, 0.15) is 55.2 Å². The number of nitrogens with zero attached hydrogens (tertiary/aromatic N) is 4. The number of likely N-dealkylation sites (tertiary alicyclic amines) is 2. The van der Waals surface area contributed by atoms with E-state index in [1.165, 1.54) is 5.56 Å². The molecule has 4 aromatic rings. The van der Waals surface area contributed by atoms with Crippen molar-refractivity contribution >= 4 is 43.7 Å². The molecule has 46 heavy (non-hydrogen) atoms. The molecule has 2 aliphatic heterocycles. The fraction of sp³-hybridized carbons (Fsp3) is 0.371. The van der Waals surface area contributed by atoms with Crippen LogP contribution in [0.5, 0.6) is 5.75 Å². The molecule has 4 heterocycles. The van der Waals surface area contributed by atoms with Gasteiger partial charge in [0.2, 0.25) is 11.8 Å². The summed E-state index contributed by atoms with van der Waals surface area (Å²) in [7, 11) is 0. The van der Waals surface area contributed by atoms with Gasteiger partial charge in [-0.15, -0.1) is 0 Å². The number of benzene rings is 2. The number of imidazole rings is 1. The van der Waals surface area contributed by atoms with Gasteiger partial charge in [0.25, 0.3) is 0 Å². The van der Waals surface area contributed by atoms with E-state index >= 15 is 0 Å². The van der Waals surface area contributed by atoms with Crippen LogP contribution in [0.15, 0.2) is 86.9 Å². The van der Waals surface area contributed by atoms with Gasteiger partial charge in [0.1, 0.15) is 5.75 Å². The molecule has 0 saturated carbocycles. The average Bonchev–Trinajstić information content (AvgIpc) is 3.48. The summed E-state index contributed by atoms with van der Waals surface area (Å²) in [5.74, 6) is -0.113. The number of rotatable bonds is 8. The molecule has 2 aromatic carbocycles. The van der Waals surface area contributed by atoms with Gasteiger partial charge >= 0.3 is 5.69 Å². The largest absolute Gasteiger partial charge is 0.506 e. The minimum absolute atomic E-state index is 0.00363. The van der Waals surface area contributed by atoms with Crippen molar-refractivity contribution in [2.45, 2.75) is 50.5 Å². The predicted molar refractivity (Wildman–Crippen MR) is 183 cm³/mol. The number of nitrogens with one attached hydrogen (secondary N) is 1. The monoisotopic (exact) mass is 749 g/mol. The Kier molecular flexibility index (Phi) is 10.1. The first-order valence-electron chi connectivity index (χ1n) is 15.8. The second-order valence-corrected chi connectivity index (χ2v) is 14.0. The predicted octanol–water partition coefficient (Wildman–Crippen LogP) is 6.29. The highest BCUT2D eigenvalue weighted by atomic mass is 79.9. The number of amides is 2. The van der Waals surface area contributed by atoms with E-state index in [0.717, 1.165) is 29.7 Å². The standard InChI is InChI=1S/C35H37Br2N5O4/c36-29-19-23(20-30(37)33(29)44)18-27(34(45)41-14-8-25(9-15-41)24-6-12-38-13-7-24)21-32(43)40-16-10-28(11-17-40)42-22-31(39-35(42)46)26-4-2-1-3-5-26/h1-7,12-13,19-20,22,25,27-28,44H,8-11,14-18,21H2,(H,39,46). The first-order chi connectivity index (χ1) is 22.3. The molecule has 0 radical (unpaired) electrons. The molecule has 9 nitrogen and oxygen atoms in total. The summed E-state index contributed by atoms with van der Waals surface area (Å²) in [6.07, 6.45) is 9.03. The number of phenols is 1. The van der Waals surface area contributed by atoms with Crippen LogP contribution in [0.4, 0.5) is 0 Å². The average molecular weight is 752 g/mol. The highest BCUT2D eigenvalue weighted by Crippen LogP contribution is 2.35. The van der Waals surface area contributed by atoms with Crippen molar-refractivity contribution in [3.8, 4) is 17.0 Å². The number of hydrogen-bond donors (Lipinski definition) is 2. The van der Waals surface area contributed by atoms with E-state index in [1.54, 1.807) is 4.57 Å². The smallest absolute Gasteiger partial charge is 0.326 e. The molecule has 2 aliphatic rings. The summed E-state index contributed by atoms with van der Waals surface area (Å²) in [6.45, 7) is 2.33. The van der Waals surface area contributed by atoms with Crippen LogP contribution in [0.3, 0.4) is 0 Å². The number of aromatic nitrogens is 3. The number of aromatic amines is 1. The lowest BCUT2D eigenvalue weighted by molar-refractivity contribution is -0.142. The molecule has 2 saturated heterocycles. The van der Waals surface area contributed by atoms with E-state index in [-0.39, 0.29) is 35.7 Å². The van der Waals surface area contributed by atoms with Crippen LogP contribution in [0.2, 0.25) is 0 Å². The van der Waals surface area contributed by atoms with Crippen molar-refractivity contribution in [3.63, 3.8) is 0 Å². The molecule has 0 aliphatic carbocycles. The zero-order valence-electron chi connectivity index (χ0n) is 25.4. The van der Waals surface area contributed by atoms with E-state index in [2.05, 4.69) is 41.8 Å². The van der Waals surface area contributed by atoms with E-state index < -0.39 is 5.92 Å². The normalized spacial score (nSPS) is 16.8. The maximum Gasteiger partial charge on any atom is 0.326 e. The van der Waals surface area contributed by atoms with Gasteiger partial charge in [-0.2, -0.15) is 0 Å². The number of aromatic hydroxyl groups is 1. The minimum atomic E-state index is -0.535. The Morgan fingerprint density at radius 1 is 0.913 bits per heavy atom.